The van der Waals surface area contributed by atoms with Crippen LogP contribution in [0.15, 0.2) is 36.4 Å². The van der Waals surface area contributed by atoms with Crippen LogP contribution in [-0.2, 0) is 20.9 Å². The molecule has 2 aromatic rings. The van der Waals surface area contributed by atoms with Gasteiger partial charge in [0.05, 0.1) is 13.0 Å². The van der Waals surface area contributed by atoms with Crippen molar-refractivity contribution >= 4 is 23.4 Å². The molecule has 2 aliphatic heterocycles. The van der Waals surface area contributed by atoms with Crippen LogP contribution in [0.25, 0.3) is 0 Å². The van der Waals surface area contributed by atoms with Gasteiger partial charge in [-0.05, 0) is 29.8 Å². The zero-order chi connectivity index (χ0) is 24.9. The third-order valence-corrected chi connectivity index (χ3v) is 5.88. The van der Waals surface area contributed by atoms with Crippen molar-refractivity contribution < 1.29 is 33.3 Å². The average Bonchev–Trinajstić information content (AvgIpc) is 3.27. The highest BCUT2D eigenvalue weighted by Crippen LogP contribution is 2.36. The van der Waals surface area contributed by atoms with E-state index in [1.165, 1.54) is 12.0 Å². The molecule has 186 valence electrons. The molecule has 0 bridgehead atoms. The molecule has 2 heterocycles. The first-order chi connectivity index (χ1) is 16.9. The summed E-state index contributed by atoms with van der Waals surface area (Å²) in [5.41, 5.74) is 1.48. The minimum atomic E-state index is -0.461. The van der Waals surface area contributed by atoms with Gasteiger partial charge in [0.15, 0.2) is 29.6 Å². The molecule has 10 nitrogen and oxygen atoms in total. The number of nitrogens with zero attached hydrogens (tertiary/aromatic N) is 2. The Hall–Kier alpha value is -3.95. The van der Waals surface area contributed by atoms with E-state index in [-0.39, 0.29) is 37.3 Å². The number of fused-ring (bicyclic) bond motifs is 1. The highest BCUT2D eigenvalue weighted by Gasteiger charge is 2.35. The topological polar surface area (TPSA) is 107 Å². The van der Waals surface area contributed by atoms with Gasteiger partial charge >= 0.3 is 0 Å². The molecule has 1 unspecified atom stereocenters. The summed E-state index contributed by atoms with van der Waals surface area (Å²) in [6, 6.07) is 10.6. The lowest BCUT2D eigenvalue weighted by Crippen LogP contribution is -2.32. The summed E-state index contributed by atoms with van der Waals surface area (Å²) in [5, 5.41) is 2.90. The predicted octanol–water partition coefficient (Wildman–Crippen LogP) is 1.60. The summed E-state index contributed by atoms with van der Waals surface area (Å²) in [5.74, 6) is 1.21. The third-order valence-electron chi connectivity index (χ3n) is 5.88. The summed E-state index contributed by atoms with van der Waals surface area (Å²) in [7, 11) is 4.82. The van der Waals surface area contributed by atoms with Crippen LogP contribution in [0.5, 0.6) is 23.0 Å². The summed E-state index contributed by atoms with van der Waals surface area (Å²) in [4.78, 5) is 40.2. The number of methoxy groups -OCH3 is 1. The fraction of sp³-hybridized carbons (Fsp3) is 0.400. The monoisotopic (exact) mass is 483 g/mol. The number of ether oxygens (including phenoxy) is 4. The Morgan fingerprint density at radius 1 is 1.09 bits per heavy atom. The molecule has 2 aliphatic rings. The first kappa shape index (κ1) is 24.2. The second-order valence-electron chi connectivity index (χ2n) is 8.51. The number of amides is 3. The van der Waals surface area contributed by atoms with E-state index in [1.807, 2.05) is 0 Å². The largest absolute Gasteiger partial charge is 0.493 e. The molecule has 0 aliphatic carbocycles. The quantitative estimate of drug-likeness (QED) is 0.608. The maximum absolute atomic E-state index is 12.8. The Morgan fingerprint density at radius 2 is 1.86 bits per heavy atom. The van der Waals surface area contributed by atoms with Crippen molar-refractivity contribution in [1.29, 1.82) is 0 Å². The van der Waals surface area contributed by atoms with E-state index < -0.39 is 5.92 Å². The number of nitrogens with one attached hydrogen (secondary N) is 1. The fourth-order valence-electron chi connectivity index (χ4n) is 3.88. The SMILES string of the molecule is COc1cc(CNC(=O)C2CC(=O)N(c3ccc4c(c3)OCCO4)C2)ccc1OCC(=O)N(C)C. The van der Waals surface area contributed by atoms with Crippen molar-refractivity contribution in [1.82, 2.24) is 10.2 Å². The van der Waals surface area contributed by atoms with Crippen LogP contribution in [0.1, 0.15) is 12.0 Å². The van der Waals surface area contributed by atoms with E-state index in [0.29, 0.717) is 48.4 Å². The highest BCUT2D eigenvalue weighted by atomic mass is 16.6. The zero-order valence-corrected chi connectivity index (χ0v) is 20.0. The Balaban J connectivity index is 1.34. The van der Waals surface area contributed by atoms with Crippen molar-refractivity contribution in [2.24, 2.45) is 5.92 Å². The van der Waals surface area contributed by atoms with E-state index in [0.717, 1.165) is 5.56 Å². The second kappa shape index (κ2) is 10.5. The molecule has 0 aromatic heterocycles. The van der Waals surface area contributed by atoms with Crippen molar-refractivity contribution in [3.05, 3.63) is 42.0 Å². The molecular formula is C25H29N3O7. The van der Waals surface area contributed by atoms with Crippen LogP contribution in [-0.4, -0.2) is 70.2 Å². The molecule has 0 radical (unpaired) electrons. The van der Waals surface area contributed by atoms with Crippen LogP contribution >= 0.6 is 0 Å². The molecule has 1 atom stereocenters. The van der Waals surface area contributed by atoms with Gasteiger partial charge in [0.1, 0.15) is 13.2 Å². The zero-order valence-electron chi connectivity index (χ0n) is 20.0. The van der Waals surface area contributed by atoms with Crippen LogP contribution in [0, 0.1) is 5.92 Å². The molecule has 1 saturated heterocycles. The van der Waals surface area contributed by atoms with Crippen LogP contribution in [0.4, 0.5) is 5.69 Å². The van der Waals surface area contributed by atoms with Crippen LogP contribution in [0.3, 0.4) is 0 Å². The number of rotatable bonds is 8. The van der Waals surface area contributed by atoms with Gasteiger partial charge in [-0.25, -0.2) is 0 Å². The lowest BCUT2D eigenvalue weighted by atomic mass is 10.1. The molecule has 10 heteroatoms. The van der Waals surface area contributed by atoms with Gasteiger partial charge in [-0.1, -0.05) is 6.07 Å². The van der Waals surface area contributed by atoms with E-state index in [2.05, 4.69) is 5.32 Å². The molecule has 2 aromatic carbocycles. The van der Waals surface area contributed by atoms with Gasteiger partial charge in [-0.15, -0.1) is 0 Å². The number of anilines is 1. The van der Waals surface area contributed by atoms with Gasteiger partial charge in [0.2, 0.25) is 11.8 Å². The second-order valence-corrected chi connectivity index (χ2v) is 8.51. The summed E-state index contributed by atoms with van der Waals surface area (Å²) in [6.45, 7) is 1.41. The van der Waals surface area contributed by atoms with Gasteiger partial charge in [-0.2, -0.15) is 0 Å². The van der Waals surface area contributed by atoms with Gasteiger partial charge in [0, 0.05) is 45.4 Å². The normalized spacial score (nSPS) is 16.6. The van der Waals surface area contributed by atoms with E-state index in [4.69, 9.17) is 18.9 Å². The number of hydrogen-bond donors (Lipinski definition) is 1. The predicted molar refractivity (Wildman–Crippen MR) is 127 cm³/mol. The number of carbonyl (C=O) groups is 3. The maximum Gasteiger partial charge on any atom is 0.259 e. The average molecular weight is 484 g/mol. The first-order valence-corrected chi connectivity index (χ1v) is 11.3. The van der Waals surface area contributed by atoms with Crippen molar-refractivity contribution in [2.75, 3.05) is 52.5 Å². The highest BCUT2D eigenvalue weighted by molar-refractivity contribution is 6.00. The van der Waals surface area contributed by atoms with Gasteiger partial charge < -0.3 is 34.1 Å². The number of benzene rings is 2. The molecule has 3 amide bonds. The molecule has 1 N–H and O–H groups in total. The minimum absolute atomic E-state index is 0.102. The molecule has 1 fully saturated rings. The van der Waals surface area contributed by atoms with E-state index >= 15 is 0 Å². The first-order valence-electron chi connectivity index (χ1n) is 11.3. The van der Waals surface area contributed by atoms with E-state index in [1.54, 1.807) is 55.4 Å². The number of likely N-dealkylation sites (N-methyl/N-ethyl adjacent to an activating group) is 1. The smallest absolute Gasteiger partial charge is 0.259 e. The summed E-state index contributed by atoms with van der Waals surface area (Å²) >= 11 is 0. The van der Waals surface area contributed by atoms with Crippen molar-refractivity contribution in [2.45, 2.75) is 13.0 Å². The van der Waals surface area contributed by atoms with Crippen LogP contribution < -0.4 is 29.2 Å². The molecule has 0 saturated carbocycles. The van der Waals surface area contributed by atoms with Gasteiger partial charge in [-0.3, -0.25) is 14.4 Å². The standard InChI is InChI=1S/C25H29N3O7/c1-27(2)24(30)15-35-19-6-4-16(10-21(19)32-3)13-26-25(31)17-11-23(29)28(14-17)18-5-7-20-22(12-18)34-9-8-33-20/h4-7,10,12,17H,8-9,11,13-15H2,1-3H3,(H,26,31). The number of carbonyl (C=O) groups excluding carboxylic acids is 3. The summed E-state index contributed by atoms with van der Waals surface area (Å²) in [6.07, 6.45) is 0.135. The van der Waals surface area contributed by atoms with Crippen molar-refractivity contribution in [3.8, 4) is 23.0 Å². The molecular weight excluding hydrogens is 454 g/mol. The molecule has 35 heavy (non-hydrogen) atoms. The van der Waals surface area contributed by atoms with Crippen molar-refractivity contribution in [3.63, 3.8) is 0 Å². The third kappa shape index (κ3) is 5.59. The summed E-state index contributed by atoms with van der Waals surface area (Å²) < 4.78 is 22.1. The Kier molecular flexibility index (Phi) is 7.28. The fourth-order valence-corrected chi connectivity index (χ4v) is 3.88. The Morgan fingerprint density at radius 3 is 2.60 bits per heavy atom. The Bertz CT molecular complexity index is 1120. The molecule has 0 spiro atoms. The van der Waals surface area contributed by atoms with Crippen LogP contribution in [0.2, 0.25) is 0 Å². The lowest BCUT2D eigenvalue weighted by Gasteiger charge is -2.22. The van der Waals surface area contributed by atoms with E-state index in [9.17, 15) is 14.4 Å². The lowest BCUT2D eigenvalue weighted by molar-refractivity contribution is -0.130. The van der Waals surface area contributed by atoms with Gasteiger partial charge in [0.25, 0.3) is 5.91 Å². The number of hydrogen-bond acceptors (Lipinski definition) is 7. The Labute approximate surface area is 203 Å². The molecule has 4 rings (SSSR count). The maximum atomic E-state index is 12.8. The minimum Gasteiger partial charge on any atom is -0.493 e.